The van der Waals surface area contributed by atoms with Crippen LogP contribution in [0.2, 0.25) is 0 Å². The molecule has 0 unspecified atom stereocenters. The number of pyridine rings is 1. The van der Waals surface area contributed by atoms with Crippen LogP contribution in [0.3, 0.4) is 0 Å². The van der Waals surface area contributed by atoms with Gasteiger partial charge in [-0.25, -0.2) is 13.4 Å². The van der Waals surface area contributed by atoms with Gasteiger partial charge in [-0.1, -0.05) is 13.8 Å². The van der Waals surface area contributed by atoms with E-state index in [4.69, 9.17) is 0 Å². The van der Waals surface area contributed by atoms with Gasteiger partial charge in [0.25, 0.3) is 0 Å². The lowest BCUT2D eigenvalue weighted by atomic mass is 10.1. The third kappa shape index (κ3) is 5.24. The van der Waals surface area contributed by atoms with Crippen molar-refractivity contribution in [1.29, 1.82) is 0 Å². The van der Waals surface area contributed by atoms with Crippen molar-refractivity contribution in [3.8, 4) is 0 Å². The van der Waals surface area contributed by atoms with Crippen LogP contribution in [-0.4, -0.2) is 36.2 Å². The molecule has 0 aromatic carbocycles. The van der Waals surface area contributed by atoms with Crippen LogP contribution in [0.1, 0.15) is 25.0 Å². The van der Waals surface area contributed by atoms with Crippen LogP contribution in [-0.2, 0) is 23.0 Å². The third-order valence-electron chi connectivity index (χ3n) is 3.15. The molecular weight excluding hydrogens is 421 g/mol. The number of aromatic amines is 1. The summed E-state index contributed by atoms with van der Waals surface area (Å²) in [4.78, 5) is 3.13. The van der Waals surface area contributed by atoms with Crippen LogP contribution in [0.15, 0.2) is 18.5 Å². The Labute approximate surface area is 148 Å². The van der Waals surface area contributed by atoms with E-state index in [2.05, 4.69) is 37.3 Å². The summed E-state index contributed by atoms with van der Waals surface area (Å²) in [7, 11) is -7.42. The Balaban J connectivity index is 0.000000569. The smallest absolute Gasteiger partial charge is 0.460 e. The zero-order valence-electron chi connectivity index (χ0n) is 13.7. The van der Waals surface area contributed by atoms with Gasteiger partial charge in [0.15, 0.2) is 22.5 Å². The fraction of sp³-hybridized carbons (Fsp3) is 0.615. The molecule has 0 amide bonds. The van der Waals surface area contributed by atoms with Crippen LogP contribution in [0.4, 0.5) is 39.5 Å². The van der Waals surface area contributed by atoms with Crippen molar-refractivity contribution >= 4 is 10.1 Å². The van der Waals surface area contributed by atoms with Gasteiger partial charge in [0.2, 0.25) is 0 Å². The van der Waals surface area contributed by atoms with Gasteiger partial charge >= 0.3 is 23.3 Å². The average molecular weight is 435 g/mol. The third-order valence-corrected chi connectivity index (χ3v) is 4.04. The van der Waals surface area contributed by atoms with Crippen LogP contribution < -0.4 is 4.98 Å². The summed E-state index contributed by atoms with van der Waals surface area (Å²) < 4.78 is 135. The molecule has 0 aliphatic carbocycles. The molecule has 0 atom stereocenters. The molecule has 1 aromatic heterocycles. The van der Waals surface area contributed by atoms with Gasteiger partial charge in [-0.05, 0) is 18.9 Å². The molecule has 0 spiro atoms. The first kappa shape index (κ1) is 25.4. The summed E-state index contributed by atoms with van der Waals surface area (Å²) in [6, 6.07) is 2.25. The van der Waals surface area contributed by atoms with Crippen LogP contribution in [0, 0.1) is 0 Å². The lowest BCUT2D eigenvalue weighted by molar-refractivity contribution is -0.382. The first-order valence-electron chi connectivity index (χ1n) is 7.01. The predicted molar refractivity (Wildman–Crippen MR) is 72.3 cm³/mol. The minimum atomic E-state index is -7.43. The second kappa shape index (κ2) is 8.20. The fourth-order valence-electron chi connectivity index (χ4n) is 1.50. The maximum absolute atomic E-state index is 12.2. The lowest BCUT2D eigenvalue weighted by Crippen LogP contribution is -2.63. The van der Waals surface area contributed by atoms with Gasteiger partial charge in [-0.15, -0.1) is 0 Å². The van der Waals surface area contributed by atoms with Gasteiger partial charge < -0.3 is 4.55 Å². The first-order valence-corrected chi connectivity index (χ1v) is 8.42. The molecule has 0 aliphatic heterocycles. The minimum absolute atomic E-state index is 1.12. The van der Waals surface area contributed by atoms with Crippen molar-refractivity contribution in [3.05, 3.63) is 29.6 Å². The molecule has 14 heteroatoms. The second-order valence-corrected chi connectivity index (χ2v) is 6.50. The van der Waals surface area contributed by atoms with Crippen molar-refractivity contribution < 1.29 is 57.5 Å². The molecule has 0 aliphatic rings. The zero-order valence-corrected chi connectivity index (χ0v) is 14.5. The van der Waals surface area contributed by atoms with Gasteiger partial charge in [0, 0.05) is 11.1 Å². The van der Waals surface area contributed by atoms with Gasteiger partial charge in [-0.2, -0.15) is 39.5 Å². The maximum atomic E-state index is 12.2. The summed E-state index contributed by atoms with van der Waals surface area (Å²) in [5.74, 6) is -14.8. The van der Waals surface area contributed by atoms with Gasteiger partial charge in [0.1, 0.15) is 0 Å². The number of hydrogen-bond acceptors (Lipinski definition) is 3. The summed E-state index contributed by atoms with van der Waals surface area (Å²) in [5, 5.41) is -7.11. The van der Waals surface area contributed by atoms with E-state index in [0.717, 1.165) is 12.8 Å². The summed E-state index contributed by atoms with van der Waals surface area (Å²) in [6.07, 6.45) is -0.822. The molecule has 4 nitrogen and oxygen atoms in total. The number of rotatable bonds is 5. The average Bonchev–Trinajstić information content (AvgIpc) is 2.53. The fourth-order valence-corrected chi connectivity index (χ4v) is 1.95. The van der Waals surface area contributed by atoms with Gasteiger partial charge in [-0.3, -0.25) is 0 Å². The highest BCUT2D eigenvalue weighted by molar-refractivity contribution is 7.86. The Hall–Kier alpha value is -1.57. The highest BCUT2D eigenvalue weighted by Crippen LogP contribution is 2.54. The van der Waals surface area contributed by atoms with Crippen molar-refractivity contribution in [2.45, 2.75) is 50.0 Å². The van der Waals surface area contributed by atoms with Crippen molar-refractivity contribution in [2.24, 2.45) is 0 Å². The number of halogens is 9. The number of hydrogen-bond donors (Lipinski definition) is 0. The molecular formula is C13H14F9NO3S. The molecule has 0 fully saturated rings. The molecule has 0 saturated heterocycles. The summed E-state index contributed by atoms with van der Waals surface area (Å²) in [6.45, 7) is 4.34. The first-order chi connectivity index (χ1) is 11.9. The lowest BCUT2D eigenvalue weighted by Gasteiger charge is -2.34. The number of aromatic nitrogens is 1. The quantitative estimate of drug-likeness (QED) is 0.525. The molecule has 0 bridgehead atoms. The minimum Gasteiger partial charge on any atom is -0.743 e. The van der Waals surface area contributed by atoms with Crippen molar-refractivity contribution in [2.75, 3.05) is 0 Å². The highest BCUT2D eigenvalue weighted by Gasteiger charge is 2.83. The topological polar surface area (TPSA) is 71.3 Å². The summed E-state index contributed by atoms with van der Waals surface area (Å²) in [5.41, 5.74) is 2.78. The number of alkyl halides is 9. The Morgan fingerprint density at radius 2 is 1.22 bits per heavy atom. The molecule has 158 valence electrons. The van der Waals surface area contributed by atoms with E-state index < -0.39 is 33.4 Å². The standard InChI is InChI=1S/C9H13N.C4HF9O3S/c1-3-8-5-9(4-2)7-10-6-8;5-1(6,3(9,10)11)2(7,8)4(12,13)17(14,15)16/h5-7H,3-4H2,1-2H3;(H,14,15,16). The Kier molecular flexibility index (Phi) is 7.73. The normalized spacial score (nSPS) is 13.8. The SMILES string of the molecule is CCc1c[nH+]cc(CC)c1.O=S(=O)([O-])C(F)(F)C(F)(F)C(F)(F)C(F)(F)F. The molecule has 1 aromatic rings. The van der Waals surface area contributed by atoms with E-state index in [-0.39, 0.29) is 0 Å². The van der Waals surface area contributed by atoms with E-state index in [1.54, 1.807) is 0 Å². The van der Waals surface area contributed by atoms with E-state index in [1.165, 1.54) is 11.1 Å². The molecule has 1 rings (SSSR count). The van der Waals surface area contributed by atoms with E-state index in [0.29, 0.717) is 0 Å². The van der Waals surface area contributed by atoms with Crippen molar-refractivity contribution in [1.82, 2.24) is 0 Å². The van der Waals surface area contributed by atoms with E-state index in [1.807, 2.05) is 0 Å². The van der Waals surface area contributed by atoms with Crippen LogP contribution in [0.5, 0.6) is 0 Å². The monoisotopic (exact) mass is 435 g/mol. The van der Waals surface area contributed by atoms with E-state index >= 15 is 0 Å². The Morgan fingerprint density at radius 1 is 0.852 bits per heavy atom. The maximum Gasteiger partial charge on any atom is 0.460 e. The molecule has 0 saturated carbocycles. The largest absolute Gasteiger partial charge is 0.743 e. The number of aryl methyl sites for hydroxylation is 2. The number of H-pyrrole nitrogens is 1. The molecule has 27 heavy (non-hydrogen) atoms. The predicted octanol–water partition coefficient (Wildman–Crippen LogP) is 3.58. The molecule has 1 N–H and O–H groups in total. The molecule has 0 radical (unpaired) electrons. The second-order valence-electron chi connectivity index (χ2n) is 5.07. The van der Waals surface area contributed by atoms with Crippen molar-refractivity contribution in [3.63, 3.8) is 0 Å². The Bertz CT molecular complexity index is 714. The highest BCUT2D eigenvalue weighted by atomic mass is 32.2. The summed E-state index contributed by atoms with van der Waals surface area (Å²) >= 11 is 0. The zero-order chi connectivity index (χ0) is 21.9. The van der Waals surface area contributed by atoms with Crippen LogP contribution in [0.25, 0.3) is 0 Å². The Morgan fingerprint density at radius 3 is 1.48 bits per heavy atom. The van der Waals surface area contributed by atoms with E-state index in [9.17, 15) is 52.5 Å². The molecule has 1 heterocycles. The van der Waals surface area contributed by atoms with Gasteiger partial charge in [0.05, 0.1) is 0 Å². The number of nitrogens with one attached hydrogen (secondary N) is 1. The van der Waals surface area contributed by atoms with Crippen LogP contribution >= 0.6 is 0 Å².